The Morgan fingerprint density at radius 2 is 1.78 bits per heavy atom. The first-order chi connectivity index (χ1) is 17.6. The summed E-state index contributed by atoms with van der Waals surface area (Å²) >= 11 is 5.05. The number of hydrogen-bond acceptors (Lipinski definition) is 3. The van der Waals surface area contributed by atoms with Crippen LogP contribution >= 0.6 is 27.3 Å². The van der Waals surface area contributed by atoms with E-state index in [0.717, 1.165) is 49.8 Å². The zero-order chi connectivity index (χ0) is 24.4. The molecule has 0 saturated heterocycles. The highest BCUT2D eigenvalue weighted by Gasteiger charge is 2.32. The van der Waals surface area contributed by atoms with Gasteiger partial charge in [0.2, 0.25) is 0 Å². The molecular weight excluding hydrogens is 530 g/mol. The number of hydrogen-bond donors (Lipinski definition) is 0. The van der Waals surface area contributed by atoms with Gasteiger partial charge in [-0.1, -0.05) is 81.9 Å². The summed E-state index contributed by atoms with van der Waals surface area (Å²) in [5.41, 5.74) is 8.09. The van der Waals surface area contributed by atoms with Gasteiger partial charge in [-0.25, -0.2) is 4.99 Å². The summed E-state index contributed by atoms with van der Waals surface area (Å²) in [5, 5.41) is 1.14. The maximum Gasteiger partial charge on any atom is 0.271 e. The van der Waals surface area contributed by atoms with Crippen molar-refractivity contribution < 1.29 is 0 Å². The third-order valence-corrected chi connectivity index (χ3v) is 8.78. The largest absolute Gasteiger partial charge is 0.350 e. The lowest BCUT2D eigenvalue weighted by Crippen LogP contribution is -2.38. The summed E-state index contributed by atoms with van der Waals surface area (Å²) in [4.78, 5) is 19.9. The molecule has 0 bridgehead atoms. The van der Waals surface area contributed by atoms with E-state index in [1.54, 1.807) is 0 Å². The standard InChI is InChI=1S/C30H22BrN3OS/c1-33-17-20(22-7-4-5-9-25(22)33)16-26-29(35)34-28(19-10-13-21(31)14-11-19)24-15-12-18-6-2-3-8-23(18)27(24)32-30(34)36-26/h2-11,13-14,16-17,28H,12,15H2,1H3/b26-16-/t28-/m0/s1. The van der Waals surface area contributed by atoms with Crippen molar-refractivity contribution in [1.29, 1.82) is 0 Å². The molecule has 1 atom stereocenters. The summed E-state index contributed by atoms with van der Waals surface area (Å²) in [6.45, 7) is 0. The van der Waals surface area contributed by atoms with Crippen LogP contribution < -0.4 is 14.9 Å². The van der Waals surface area contributed by atoms with E-state index in [0.29, 0.717) is 4.53 Å². The third kappa shape index (κ3) is 3.32. The molecule has 6 heteroatoms. The van der Waals surface area contributed by atoms with Crippen molar-refractivity contribution in [2.24, 2.45) is 12.0 Å². The van der Waals surface area contributed by atoms with Crippen LogP contribution in [0, 0.1) is 0 Å². The molecule has 0 amide bonds. The second-order valence-electron chi connectivity index (χ2n) is 9.38. The van der Waals surface area contributed by atoms with E-state index in [4.69, 9.17) is 4.99 Å². The molecule has 1 aliphatic heterocycles. The summed E-state index contributed by atoms with van der Waals surface area (Å²) in [7, 11) is 2.04. The predicted molar refractivity (Wildman–Crippen MR) is 150 cm³/mol. The zero-order valence-electron chi connectivity index (χ0n) is 19.6. The van der Waals surface area contributed by atoms with Crippen LogP contribution in [-0.4, -0.2) is 9.13 Å². The molecule has 2 aliphatic rings. The number of rotatable bonds is 2. The van der Waals surface area contributed by atoms with Crippen LogP contribution in [-0.2, 0) is 13.5 Å². The molecule has 0 unspecified atom stereocenters. The SMILES string of the molecule is Cn1cc(/C=c2\sc3n(c2=O)[C@@H](c2ccc(Br)cc2)C2=C(N=3)c3ccccc3CC2)c2ccccc21. The Hall–Kier alpha value is -3.48. The van der Waals surface area contributed by atoms with Crippen molar-refractivity contribution in [1.82, 2.24) is 9.13 Å². The van der Waals surface area contributed by atoms with Crippen molar-refractivity contribution in [2.75, 3.05) is 0 Å². The van der Waals surface area contributed by atoms with Gasteiger partial charge in [-0.3, -0.25) is 9.36 Å². The van der Waals surface area contributed by atoms with E-state index in [2.05, 4.69) is 87.4 Å². The van der Waals surface area contributed by atoms with Gasteiger partial charge in [0.25, 0.3) is 5.56 Å². The Labute approximate surface area is 220 Å². The molecule has 1 aliphatic carbocycles. The van der Waals surface area contributed by atoms with Crippen LogP contribution in [0.4, 0.5) is 0 Å². The molecular formula is C30H22BrN3OS. The Morgan fingerprint density at radius 3 is 2.64 bits per heavy atom. The van der Waals surface area contributed by atoms with Crippen molar-refractivity contribution in [2.45, 2.75) is 18.9 Å². The molecule has 5 aromatic rings. The second-order valence-corrected chi connectivity index (χ2v) is 11.3. The van der Waals surface area contributed by atoms with Crippen molar-refractivity contribution in [3.05, 3.63) is 131 Å². The minimum Gasteiger partial charge on any atom is -0.350 e. The Kier molecular flexibility index (Phi) is 5.01. The number of allylic oxidation sites excluding steroid dienone is 1. The Bertz CT molecular complexity index is 1890. The van der Waals surface area contributed by atoms with Gasteiger partial charge in [0, 0.05) is 39.7 Å². The number of aromatic nitrogens is 2. The highest BCUT2D eigenvalue weighted by atomic mass is 79.9. The van der Waals surface area contributed by atoms with Crippen LogP contribution in [0.25, 0.3) is 22.7 Å². The number of benzene rings is 3. The minimum absolute atomic E-state index is 0.0185. The summed E-state index contributed by atoms with van der Waals surface area (Å²) in [6, 6.07) is 25.0. The minimum atomic E-state index is -0.160. The van der Waals surface area contributed by atoms with Gasteiger partial charge >= 0.3 is 0 Å². The van der Waals surface area contributed by atoms with E-state index in [9.17, 15) is 4.79 Å². The predicted octanol–water partition coefficient (Wildman–Crippen LogP) is 5.57. The maximum absolute atomic E-state index is 14.0. The first kappa shape index (κ1) is 21.8. The number of nitrogens with zero attached hydrogens (tertiary/aromatic N) is 3. The van der Waals surface area contributed by atoms with Crippen molar-refractivity contribution in [3.8, 4) is 0 Å². The van der Waals surface area contributed by atoms with E-state index in [-0.39, 0.29) is 11.6 Å². The molecule has 0 saturated carbocycles. The van der Waals surface area contributed by atoms with Crippen molar-refractivity contribution in [3.63, 3.8) is 0 Å². The number of thiazole rings is 1. The molecule has 176 valence electrons. The van der Waals surface area contributed by atoms with Gasteiger partial charge in [0.15, 0.2) is 4.80 Å². The second kappa shape index (κ2) is 8.29. The molecule has 0 N–H and O–H groups in total. The smallest absolute Gasteiger partial charge is 0.271 e. The van der Waals surface area contributed by atoms with Crippen LogP contribution in [0.2, 0.25) is 0 Å². The Morgan fingerprint density at radius 1 is 1.00 bits per heavy atom. The summed E-state index contributed by atoms with van der Waals surface area (Å²) in [5.74, 6) is 0. The van der Waals surface area contributed by atoms with Crippen LogP contribution in [0.5, 0.6) is 0 Å². The normalized spacial score (nSPS) is 17.1. The molecule has 4 nitrogen and oxygen atoms in total. The maximum atomic E-state index is 14.0. The Balaban J connectivity index is 1.50. The van der Waals surface area contributed by atoms with Gasteiger partial charge in [0.05, 0.1) is 16.3 Å². The topological polar surface area (TPSA) is 39.3 Å². The van der Waals surface area contributed by atoms with E-state index >= 15 is 0 Å². The number of fused-ring (bicyclic) bond motifs is 4. The highest BCUT2D eigenvalue weighted by molar-refractivity contribution is 9.10. The average Bonchev–Trinajstić information content (AvgIpc) is 3.39. The fourth-order valence-corrected chi connectivity index (χ4v) is 6.85. The molecule has 3 heterocycles. The zero-order valence-corrected chi connectivity index (χ0v) is 22.0. The van der Waals surface area contributed by atoms with E-state index in [1.165, 1.54) is 28.0 Å². The van der Waals surface area contributed by atoms with Gasteiger partial charge in [-0.15, -0.1) is 0 Å². The quantitative estimate of drug-likeness (QED) is 0.282. The van der Waals surface area contributed by atoms with Crippen LogP contribution in [0.1, 0.15) is 34.7 Å². The van der Waals surface area contributed by atoms with Crippen molar-refractivity contribution >= 4 is 49.9 Å². The molecule has 0 radical (unpaired) electrons. The lowest BCUT2D eigenvalue weighted by molar-refractivity contribution is 0.585. The molecule has 0 spiro atoms. The number of halogens is 1. The summed E-state index contributed by atoms with van der Waals surface area (Å²) in [6.07, 6.45) is 5.97. The summed E-state index contributed by atoms with van der Waals surface area (Å²) < 4.78 is 5.76. The molecule has 2 aromatic heterocycles. The average molecular weight is 552 g/mol. The van der Waals surface area contributed by atoms with Gasteiger partial charge in [0.1, 0.15) is 0 Å². The fourth-order valence-electron chi connectivity index (χ4n) is 5.60. The van der Waals surface area contributed by atoms with E-state index < -0.39 is 0 Å². The van der Waals surface area contributed by atoms with E-state index in [1.807, 2.05) is 29.8 Å². The molecule has 36 heavy (non-hydrogen) atoms. The van der Waals surface area contributed by atoms with Gasteiger partial charge in [-0.05, 0) is 53.8 Å². The lowest BCUT2D eigenvalue weighted by Gasteiger charge is -2.30. The number of aryl methyl sites for hydroxylation is 2. The van der Waals surface area contributed by atoms with Crippen LogP contribution in [0.3, 0.4) is 0 Å². The van der Waals surface area contributed by atoms with Gasteiger partial charge < -0.3 is 4.57 Å². The fraction of sp³-hybridized carbons (Fsp3) is 0.133. The first-order valence-electron chi connectivity index (χ1n) is 12.0. The highest BCUT2D eigenvalue weighted by Crippen LogP contribution is 2.41. The van der Waals surface area contributed by atoms with Crippen LogP contribution in [0.15, 0.2) is 98.8 Å². The molecule has 3 aromatic carbocycles. The third-order valence-electron chi connectivity index (χ3n) is 7.27. The molecule has 7 rings (SSSR count). The first-order valence-corrected chi connectivity index (χ1v) is 13.6. The lowest BCUT2D eigenvalue weighted by atomic mass is 9.83. The van der Waals surface area contributed by atoms with Gasteiger partial charge in [-0.2, -0.15) is 0 Å². The number of para-hydroxylation sites is 1. The molecule has 0 fully saturated rings. The monoisotopic (exact) mass is 551 g/mol.